The van der Waals surface area contributed by atoms with Gasteiger partial charge >= 0.3 is 0 Å². The Balaban J connectivity index is 1.69. The van der Waals surface area contributed by atoms with E-state index in [1.165, 1.54) is 6.07 Å². The van der Waals surface area contributed by atoms with Crippen molar-refractivity contribution in [3.63, 3.8) is 0 Å². The minimum Gasteiger partial charge on any atom is -0.384 e. The molecule has 1 aromatic carbocycles. The second kappa shape index (κ2) is 7.55. The number of nitrogens with one attached hydrogen (secondary N) is 1. The minimum atomic E-state index is -0.389. The molecular formula is C17H22N4O3. The lowest BCUT2D eigenvalue weighted by Crippen LogP contribution is -2.40. The van der Waals surface area contributed by atoms with Gasteiger partial charge in [-0.3, -0.25) is 15.0 Å². The van der Waals surface area contributed by atoms with Crippen LogP contribution in [0, 0.1) is 16.0 Å². The molecule has 1 aliphatic heterocycles. The Morgan fingerprint density at radius 2 is 2.17 bits per heavy atom. The van der Waals surface area contributed by atoms with E-state index in [-0.39, 0.29) is 10.6 Å². The van der Waals surface area contributed by atoms with Crippen LogP contribution in [0.4, 0.5) is 11.4 Å². The quantitative estimate of drug-likeness (QED) is 0.647. The highest BCUT2D eigenvalue weighted by Crippen LogP contribution is 2.29. The van der Waals surface area contributed by atoms with Crippen LogP contribution in [-0.2, 0) is 4.74 Å². The third-order valence-corrected chi connectivity index (χ3v) is 4.26. The van der Waals surface area contributed by atoms with E-state index < -0.39 is 0 Å². The van der Waals surface area contributed by atoms with Crippen molar-refractivity contribution in [3.8, 4) is 0 Å². The second-order valence-electron chi connectivity index (χ2n) is 6.19. The summed E-state index contributed by atoms with van der Waals surface area (Å²) in [4.78, 5) is 17.3. The van der Waals surface area contributed by atoms with Gasteiger partial charge in [0.15, 0.2) is 0 Å². The van der Waals surface area contributed by atoms with Gasteiger partial charge in [-0.25, -0.2) is 4.98 Å². The van der Waals surface area contributed by atoms with E-state index in [0.717, 1.165) is 50.5 Å². The number of nitro groups is 1. The lowest BCUT2D eigenvalue weighted by Gasteiger charge is -2.29. The molecule has 1 unspecified atom stereocenters. The molecule has 0 amide bonds. The number of ether oxygens (including phenoxy) is 1. The lowest BCUT2D eigenvalue weighted by atomic mass is 10.1. The zero-order valence-electron chi connectivity index (χ0n) is 13.8. The fourth-order valence-electron chi connectivity index (χ4n) is 3.03. The molecule has 1 fully saturated rings. The zero-order valence-corrected chi connectivity index (χ0v) is 13.8. The van der Waals surface area contributed by atoms with Crippen molar-refractivity contribution in [2.45, 2.75) is 6.92 Å². The number of hydrogen-bond donors (Lipinski definition) is 1. The van der Waals surface area contributed by atoms with Gasteiger partial charge in [0, 0.05) is 49.5 Å². The average molecular weight is 330 g/mol. The molecule has 2 aromatic rings. The van der Waals surface area contributed by atoms with Crippen molar-refractivity contribution in [1.29, 1.82) is 0 Å². The minimum absolute atomic E-state index is 0.0394. The number of morpholine rings is 1. The fourth-order valence-corrected chi connectivity index (χ4v) is 3.03. The first-order chi connectivity index (χ1) is 11.6. The average Bonchev–Trinajstić information content (AvgIpc) is 2.60. The SMILES string of the molecule is CC(CNc1ccc([N+](=O)[O-])c2ncccc12)CN1CCOCC1. The molecule has 3 rings (SSSR count). The van der Waals surface area contributed by atoms with Crippen LogP contribution in [0.5, 0.6) is 0 Å². The standard InChI is InChI=1S/C17H22N4O3/c1-13(12-20-7-9-24-10-8-20)11-19-15-4-5-16(21(22)23)17-14(15)3-2-6-18-17/h2-6,13,19H,7-12H2,1H3. The van der Waals surface area contributed by atoms with Crippen molar-refractivity contribution >= 4 is 22.3 Å². The number of benzene rings is 1. The molecule has 0 bridgehead atoms. The number of rotatable bonds is 6. The summed E-state index contributed by atoms with van der Waals surface area (Å²) < 4.78 is 5.37. The molecule has 1 aliphatic rings. The molecule has 2 heterocycles. The highest BCUT2D eigenvalue weighted by molar-refractivity contribution is 5.96. The molecule has 1 saturated heterocycles. The molecule has 128 valence electrons. The Kier molecular flexibility index (Phi) is 5.22. The Morgan fingerprint density at radius 3 is 2.92 bits per heavy atom. The van der Waals surface area contributed by atoms with Crippen LogP contribution in [0.15, 0.2) is 30.5 Å². The van der Waals surface area contributed by atoms with Crippen LogP contribution < -0.4 is 5.32 Å². The zero-order chi connectivity index (χ0) is 16.9. The van der Waals surface area contributed by atoms with Crippen molar-refractivity contribution in [3.05, 3.63) is 40.6 Å². The van der Waals surface area contributed by atoms with E-state index in [1.54, 1.807) is 18.3 Å². The topological polar surface area (TPSA) is 80.5 Å². The van der Waals surface area contributed by atoms with Crippen LogP contribution in [0.3, 0.4) is 0 Å². The summed E-state index contributed by atoms with van der Waals surface area (Å²) in [7, 11) is 0. The number of anilines is 1. The summed E-state index contributed by atoms with van der Waals surface area (Å²) >= 11 is 0. The van der Waals surface area contributed by atoms with Crippen molar-refractivity contribution in [2.75, 3.05) is 44.7 Å². The Bertz CT molecular complexity index is 716. The number of hydrogen-bond acceptors (Lipinski definition) is 6. The third-order valence-electron chi connectivity index (χ3n) is 4.26. The first-order valence-electron chi connectivity index (χ1n) is 8.21. The molecule has 0 aliphatic carbocycles. The van der Waals surface area contributed by atoms with Crippen LogP contribution in [0.25, 0.3) is 10.9 Å². The maximum absolute atomic E-state index is 11.1. The molecule has 1 N–H and O–H groups in total. The molecule has 0 saturated carbocycles. The summed E-state index contributed by atoms with van der Waals surface area (Å²) in [6.07, 6.45) is 1.58. The third kappa shape index (κ3) is 3.80. The van der Waals surface area contributed by atoms with E-state index in [2.05, 4.69) is 22.1 Å². The Hall–Kier alpha value is -2.25. The van der Waals surface area contributed by atoms with E-state index in [1.807, 2.05) is 6.07 Å². The predicted molar refractivity (Wildman–Crippen MR) is 93.3 cm³/mol. The smallest absolute Gasteiger partial charge is 0.295 e. The van der Waals surface area contributed by atoms with Crippen LogP contribution >= 0.6 is 0 Å². The number of fused-ring (bicyclic) bond motifs is 1. The highest BCUT2D eigenvalue weighted by Gasteiger charge is 2.17. The maximum Gasteiger partial charge on any atom is 0.295 e. The van der Waals surface area contributed by atoms with Crippen LogP contribution in [-0.4, -0.2) is 54.2 Å². The summed E-state index contributed by atoms with van der Waals surface area (Å²) in [5.41, 5.74) is 1.35. The lowest BCUT2D eigenvalue weighted by molar-refractivity contribution is -0.383. The summed E-state index contributed by atoms with van der Waals surface area (Å²) in [5, 5.41) is 15.3. The number of non-ortho nitro benzene ring substituents is 1. The van der Waals surface area contributed by atoms with E-state index in [9.17, 15) is 10.1 Å². The largest absolute Gasteiger partial charge is 0.384 e. The fraction of sp³-hybridized carbons (Fsp3) is 0.471. The molecule has 1 aromatic heterocycles. The first kappa shape index (κ1) is 16.6. The van der Waals surface area contributed by atoms with Gasteiger partial charge in [-0.05, 0) is 24.1 Å². The number of nitro benzene ring substituents is 1. The molecular weight excluding hydrogens is 308 g/mol. The van der Waals surface area contributed by atoms with Gasteiger partial charge in [0.25, 0.3) is 5.69 Å². The number of pyridine rings is 1. The summed E-state index contributed by atoms with van der Waals surface area (Å²) in [5.74, 6) is 0.463. The first-order valence-corrected chi connectivity index (χ1v) is 8.21. The van der Waals surface area contributed by atoms with E-state index in [0.29, 0.717) is 11.4 Å². The highest BCUT2D eigenvalue weighted by atomic mass is 16.6. The van der Waals surface area contributed by atoms with Crippen molar-refractivity contribution in [1.82, 2.24) is 9.88 Å². The van der Waals surface area contributed by atoms with E-state index in [4.69, 9.17) is 4.74 Å². The number of aromatic nitrogens is 1. The van der Waals surface area contributed by atoms with Crippen LogP contribution in [0.1, 0.15) is 6.92 Å². The summed E-state index contributed by atoms with van der Waals surface area (Å²) in [6, 6.07) is 6.95. The molecule has 7 nitrogen and oxygen atoms in total. The predicted octanol–water partition coefficient (Wildman–Crippen LogP) is 2.52. The van der Waals surface area contributed by atoms with Gasteiger partial charge < -0.3 is 10.1 Å². The molecule has 0 spiro atoms. The van der Waals surface area contributed by atoms with Crippen molar-refractivity contribution < 1.29 is 9.66 Å². The molecule has 1 atom stereocenters. The van der Waals surface area contributed by atoms with Gasteiger partial charge in [0.2, 0.25) is 0 Å². The van der Waals surface area contributed by atoms with Crippen LogP contribution in [0.2, 0.25) is 0 Å². The van der Waals surface area contributed by atoms with Gasteiger partial charge in [0.05, 0.1) is 18.1 Å². The maximum atomic E-state index is 11.1. The van der Waals surface area contributed by atoms with Gasteiger partial charge in [-0.15, -0.1) is 0 Å². The Labute approximate surface area is 140 Å². The summed E-state index contributed by atoms with van der Waals surface area (Å²) in [6.45, 7) is 7.59. The van der Waals surface area contributed by atoms with Gasteiger partial charge in [-0.1, -0.05) is 6.92 Å². The van der Waals surface area contributed by atoms with Crippen molar-refractivity contribution in [2.24, 2.45) is 5.92 Å². The monoisotopic (exact) mass is 330 g/mol. The van der Waals surface area contributed by atoms with Gasteiger partial charge in [0.1, 0.15) is 5.52 Å². The molecule has 7 heteroatoms. The van der Waals surface area contributed by atoms with Gasteiger partial charge in [-0.2, -0.15) is 0 Å². The number of nitrogens with zero attached hydrogens (tertiary/aromatic N) is 3. The second-order valence-corrected chi connectivity index (χ2v) is 6.19. The Morgan fingerprint density at radius 1 is 1.38 bits per heavy atom. The normalized spacial score (nSPS) is 16.9. The molecule has 24 heavy (non-hydrogen) atoms. The molecule has 0 radical (unpaired) electrons. The van der Waals surface area contributed by atoms with E-state index >= 15 is 0 Å².